The molecule has 0 spiro atoms. The summed E-state index contributed by atoms with van der Waals surface area (Å²) in [6.07, 6.45) is 2.62. The van der Waals surface area contributed by atoms with Crippen molar-refractivity contribution in [1.29, 1.82) is 0 Å². The molecule has 1 aliphatic rings. The van der Waals surface area contributed by atoms with Crippen LogP contribution in [0.25, 0.3) is 0 Å². The van der Waals surface area contributed by atoms with E-state index in [4.69, 9.17) is 0 Å². The fourth-order valence-corrected chi connectivity index (χ4v) is 2.43. The molecule has 0 saturated heterocycles. The monoisotopic (exact) mass is 235 g/mol. The highest BCUT2D eigenvalue weighted by Gasteiger charge is 2.23. The minimum Gasteiger partial charge on any atom is -0.338 e. The molecule has 94 valence electrons. The van der Waals surface area contributed by atoms with E-state index in [-0.39, 0.29) is 5.91 Å². The van der Waals surface area contributed by atoms with Crippen LogP contribution in [0.4, 0.5) is 0 Å². The second-order valence-electron chi connectivity index (χ2n) is 4.99. The molecule has 0 atom stereocenters. The maximum atomic E-state index is 11.8. The number of hydrogen-bond donors (Lipinski definition) is 1. The molecular weight excluding hydrogens is 214 g/mol. The van der Waals surface area contributed by atoms with Crippen molar-refractivity contribution in [2.75, 3.05) is 6.54 Å². The number of nitrogens with one attached hydrogen (secondary N) is 1. The Bertz CT molecular complexity index is 409. The Labute approximate surface area is 102 Å². The first-order valence-electron chi connectivity index (χ1n) is 6.47. The molecule has 0 saturated carbocycles. The van der Waals surface area contributed by atoms with Gasteiger partial charge in [0.15, 0.2) is 0 Å². The van der Waals surface area contributed by atoms with E-state index in [2.05, 4.69) is 24.0 Å². The summed E-state index contributed by atoms with van der Waals surface area (Å²) in [6, 6.07) is 0. The van der Waals surface area contributed by atoms with Crippen molar-refractivity contribution >= 4 is 5.91 Å². The second kappa shape index (κ2) is 4.90. The zero-order chi connectivity index (χ0) is 12.4. The Morgan fingerprint density at radius 3 is 2.94 bits per heavy atom. The summed E-state index contributed by atoms with van der Waals surface area (Å²) in [7, 11) is 0. The molecule has 2 heterocycles. The lowest BCUT2D eigenvalue weighted by molar-refractivity contribution is -0.131. The predicted molar refractivity (Wildman–Crippen MR) is 66.7 cm³/mol. The smallest absolute Gasteiger partial charge is 0.222 e. The first-order valence-corrected chi connectivity index (χ1v) is 6.47. The zero-order valence-corrected chi connectivity index (χ0v) is 10.9. The summed E-state index contributed by atoms with van der Waals surface area (Å²) in [5.74, 6) is 0.653. The molecule has 4 nitrogen and oxygen atoms in total. The Balaban J connectivity index is 2.28. The lowest BCUT2D eigenvalue weighted by atomic mass is 10.0. The highest BCUT2D eigenvalue weighted by Crippen LogP contribution is 2.25. The van der Waals surface area contributed by atoms with E-state index in [1.165, 1.54) is 11.3 Å². The van der Waals surface area contributed by atoms with Gasteiger partial charge in [-0.2, -0.15) is 5.10 Å². The van der Waals surface area contributed by atoms with Crippen molar-refractivity contribution in [2.45, 2.75) is 52.5 Å². The van der Waals surface area contributed by atoms with Gasteiger partial charge in [-0.3, -0.25) is 9.89 Å². The maximum Gasteiger partial charge on any atom is 0.222 e. The van der Waals surface area contributed by atoms with Crippen LogP contribution in [0.1, 0.15) is 56.5 Å². The summed E-state index contributed by atoms with van der Waals surface area (Å²) in [6.45, 7) is 7.81. The van der Waals surface area contributed by atoms with E-state index in [0.717, 1.165) is 31.6 Å². The minimum atomic E-state index is 0.244. The Kier molecular flexibility index (Phi) is 3.50. The van der Waals surface area contributed by atoms with E-state index in [0.29, 0.717) is 12.3 Å². The van der Waals surface area contributed by atoms with Gasteiger partial charge < -0.3 is 4.90 Å². The van der Waals surface area contributed by atoms with Gasteiger partial charge in [0.25, 0.3) is 0 Å². The van der Waals surface area contributed by atoms with Crippen LogP contribution >= 0.6 is 0 Å². The van der Waals surface area contributed by atoms with Crippen LogP contribution in [0.15, 0.2) is 0 Å². The summed E-state index contributed by atoms with van der Waals surface area (Å²) >= 11 is 0. The fraction of sp³-hybridized carbons (Fsp3) is 0.692. The number of rotatable bonds is 2. The number of carbonyl (C=O) groups excluding carboxylic acids is 1. The number of H-pyrrole nitrogens is 1. The highest BCUT2D eigenvalue weighted by atomic mass is 16.2. The molecule has 0 unspecified atom stereocenters. The summed E-state index contributed by atoms with van der Waals surface area (Å²) < 4.78 is 0. The molecule has 1 aromatic heterocycles. The van der Waals surface area contributed by atoms with Crippen molar-refractivity contribution in [1.82, 2.24) is 15.1 Å². The zero-order valence-electron chi connectivity index (χ0n) is 10.9. The van der Waals surface area contributed by atoms with Gasteiger partial charge >= 0.3 is 0 Å². The quantitative estimate of drug-likeness (QED) is 0.854. The fourth-order valence-electron chi connectivity index (χ4n) is 2.43. The number of fused-ring (bicyclic) bond motifs is 1. The van der Waals surface area contributed by atoms with Gasteiger partial charge in [0.2, 0.25) is 5.91 Å². The molecule has 0 fully saturated rings. The van der Waals surface area contributed by atoms with Gasteiger partial charge in [-0.1, -0.05) is 20.8 Å². The van der Waals surface area contributed by atoms with Crippen molar-refractivity contribution in [3.05, 3.63) is 17.0 Å². The second-order valence-corrected chi connectivity index (χ2v) is 4.99. The molecule has 4 heteroatoms. The third-order valence-electron chi connectivity index (χ3n) is 3.39. The predicted octanol–water partition coefficient (Wildman–Crippen LogP) is 2.22. The molecule has 0 bridgehead atoms. The van der Waals surface area contributed by atoms with Crippen LogP contribution in [0.3, 0.4) is 0 Å². The standard InChI is InChI=1S/C13H21N3O/c1-4-12(17)16-7-5-6-11-10(8-16)13(9(2)3)15-14-11/h9H,4-8H2,1-3H3,(H,14,15). The van der Waals surface area contributed by atoms with Gasteiger partial charge in [0, 0.05) is 30.8 Å². The Morgan fingerprint density at radius 1 is 1.53 bits per heavy atom. The topological polar surface area (TPSA) is 49.0 Å². The van der Waals surface area contributed by atoms with Crippen molar-refractivity contribution in [2.24, 2.45) is 0 Å². The highest BCUT2D eigenvalue weighted by molar-refractivity contribution is 5.76. The van der Waals surface area contributed by atoms with E-state index >= 15 is 0 Å². The third-order valence-corrected chi connectivity index (χ3v) is 3.39. The number of nitrogens with zero attached hydrogens (tertiary/aromatic N) is 2. The lowest BCUT2D eigenvalue weighted by Crippen LogP contribution is -2.30. The van der Waals surface area contributed by atoms with Crippen LogP contribution < -0.4 is 0 Å². The van der Waals surface area contributed by atoms with E-state index in [1.54, 1.807) is 0 Å². The third kappa shape index (κ3) is 2.35. The first kappa shape index (κ1) is 12.1. The normalized spacial score (nSPS) is 15.9. The number of aryl methyl sites for hydroxylation is 1. The average molecular weight is 235 g/mol. The average Bonchev–Trinajstić information content (AvgIpc) is 2.59. The number of amides is 1. The molecule has 17 heavy (non-hydrogen) atoms. The van der Waals surface area contributed by atoms with Gasteiger partial charge in [-0.25, -0.2) is 0 Å². The van der Waals surface area contributed by atoms with Crippen LogP contribution in [0.5, 0.6) is 0 Å². The molecule has 2 rings (SSSR count). The van der Waals surface area contributed by atoms with Gasteiger partial charge in [0.1, 0.15) is 0 Å². The molecular formula is C13H21N3O. The van der Waals surface area contributed by atoms with Crippen molar-refractivity contribution < 1.29 is 4.79 Å². The first-order chi connectivity index (χ1) is 8.13. The van der Waals surface area contributed by atoms with E-state index < -0.39 is 0 Å². The summed E-state index contributed by atoms with van der Waals surface area (Å²) in [4.78, 5) is 13.8. The number of carbonyl (C=O) groups is 1. The van der Waals surface area contributed by atoms with E-state index in [9.17, 15) is 4.79 Å². The lowest BCUT2D eigenvalue weighted by Gasteiger charge is -2.20. The largest absolute Gasteiger partial charge is 0.338 e. The molecule has 1 amide bonds. The Morgan fingerprint density at radius 2 is 2.29 bits per heavy atom. The molecule has 0 radical (unpaired) electrons. The van der Waals surface area contributed by atoms with Gasteiger partial charge in [-0.15, -0.1) is 0 Å². The number of aromatic nitrogens is 2. The van der Waals surface area contributed by atoms with Crippen LogP contribution in [-0.2, 0) is 17.8 Å². The van der Waals surface area contributed by atoms with Crippen molar-refractivity contribution in [3.63, 3.8) is 0 Å². The maximum absolute atomic E-state index is 11.8. The van der Waals surface area contributed by atoms with Crippen LogP contribution in [0, 0.1) is 0 Å². The molecule has 1 aliphatic heterocycles. The van der Waals surface area contributed by atoms with Gasteiger partial charge in [0.05, 0.1) is 5.69 Å². The van der Waals surface area contributed by atoms with Gasteiger partial charge in [-0.05, 0) is 18.8 Å². The SMILES string of the molecule is CCC(=O)N1CCCc2[nH]nc(C(C)C)c2C1. The minimum absolute atomic E-state index is 0.244. The molecule has 1 N–H and O–H groups in total. The molecule has 1 aromatic rings. The van der Waals surface area contributed by atoms with Crippen molar-refractivity contribution in [3.8, 4) is 0 Å². The van der Waals surface area contributed by atoms with Crippen LogP contribution in [0.2, 0.25) is 0 Å². The van der Waals surface area contributed by atoms with Crippen LogP contribution in [-0.4, -0.2) is 27.5 Å². The van der Waals surface area contributed by atoms with E-state index in [1.807, 2.05) is 11.8 Å². The molecule has 0 aromatic carbocycles. The number of aromatic amines is 1. The summed E-state index contributed by atoms with van der Waals surface area (Å²) in [5.41, 5.74) is 3.59. The number of hydrogen-bond acceptors (Lipinski definition) is 2. The Hall–Kier alpha value is -1.32. The molecule has 0 aliphatic carbocycles. The summed E-state index contributed by atoms with van der Waals surface area (Å²) in [5, 5.41) is 7.53.